The van der Waals surface area contributed by atoms with Crippen LogP contribution < -0.4 is 10.1 Å². The molecular formula is C23H22N4O5. The fourth-order valence-electron chi connectivity index (χ4n) is 4.05. The maximum atomic E-state index is 12.9. The van der Waals surface area contributed by atoms with Crippen molar-refractivity contribution in [2.75, 3.05) is 20.1 Å². The van der Waals surface area contributed by atoms with E-state index in [1.165, 1.54) is 0 Å². The van der Waals surface area contributed by atoms with Crippen LogP contribution in [0.15, 0.2) is 47.1 Å². The lowest BCUT2D eigenvalue weighted by molar-refractivity contribution is -0.0669. The van der Waals surface area contributed by atoms with Gasteiger partial charge in [-0.3, -0.25) is 9.59 Å². The van der Waals surface area contributed by atoms with Crippen molar-refractivity contribution in [3.8, 4) is 11.5 Å². The molecule has 1 fully saturated rings. The molecule has 1 aliphatic rings. The van der Waals surface area contributed by atoms with Crippen LogP contribution in [-0.2, 0) is 0 Å². The summed E-state index contributed by atoms with van der Waals surface area (Å²) in [6.45, 7) is 4.16. The van der Waals surface area contributed by atoms with Crippen molar-refractivity contribution in [3.63, 3.8) is 0 Å². The first kappa shape index (κ1) is 20.1. The number of nitrogens with one attached hydrogen (secondary N) is 1. The Morgan fingerprint density at radius 2 is 2.03 bits per heavy atom. The molecule has 0 unspecified atom stereocenters. The van der Waals surface area contributed by atoms with Crippen molar-refractivity contribution in [2.45, 2.75) is 19.4 Å². The minimum atomic E-state index is -0.836. The second kappa shape index (κ2) is 7.10. The molecule has 0 radical (unpaired) electrons. The standard InChI is InChI=1S/C23H22N4O5/c1-13-16(22(29)26-11-23(2,30)12-26)10-27-20(13)17(6-7-25-27)31-15-5-4-14-8-19(21(28)24-3)32-18(14)9-15/h4-10,30H,11-12H2,1-3H3,(H,24,28). The van der Waals surface area contributed by atoms with Gasteiger partial charge in [-0.2, -0.15) is 5.10 Å². The van der Waals surface area contributed by atoms with E-state index in [-0.39, 0.29) is 17.6 Å². The molecule has 1 aromatic carbocycles. The number of carbonyl (C=O) groups excluding carboxylic acids is 2. The van der Waals surface area contributed by atoms with E-state index in [0.29, 0.717) is 41.3 Å². The largest absolute Gasteiger partial charge is 0.455 e. The molecule has 9 heteroatoms. The predicted molar refractivity (Wildman–Crippen MR) is 116 cm³/mol. The predicted octanol–water partition coefficient (Wildman–Crippen LogP) is 2.75. The number of aryl methyl sites for hydroxylation is 1. The third-order valence-electron chi connectivity index (χ3n) is 5.64. The number of rotatable bonds is 4. The van der Waals surface area contributed by atoms with Crippen LogP contribution in [0.25, 0.3) is 16.5 Å². The van der Waals surface area contributed by atoms with Crippen molar-refractivity contribution in [2.24, 2.45) is 0 Å². The van der Waals surface area contributed by atoms with Crippen LogP contribution in [0.2, 0.25) is 0 Å². The van der Waals surface area contributed by atoms with Gasteiger partial charge in [-0.05, 0) is 37.6 Å². The lowest BCUT2D eigenvalue weighted by Gasteiger charge is -2.44. The Labute approximate surface area is 183 Å². The minimum Gasteiger partial charge on any atom is -0.455 e. The van der Waals surface area contributed by atoms with Gasteiger partial charge in [0.2, 0.25) is 0 Å². The molecule has 164 valence electrons. The summed E-state index contributed by atoms with van der Waals surface area (Å²) in [6, 6.07) is 8.72. The highest BCUT2D eigenvalue weighted by molar-refractivity contribution is 5.99. The summed E-state index contributed by atoms with van der Waals surface area (Å²) in [6.07, 6.45) is 3.28. The van der Waals surface area contributed by atoms with Crippen LogP contribution in [0.4, 0.5) is 0 Å². The number of ether oxygens (including phenoxy) is 1. The molecule has 0 atom stereocenters. The molecule has 32 heavy (non-hydrogen) atoms. The van der Waals surface area contributed by atoms with Gasteiger partial charge in [0, 0.05) is 30.8 Å². The topological polar surface area (TPSA) is 109 Å². The number of likely N-dealkylation sites (tertiary alicyclic amines) is 1. The van der Waals surface area contributed by atoms with Gasteiger partial charge in [0.1, 0.15) is 16.8 Å². The fourth-order valence-corrected chi connectivity index (χ4v) is 4.05. The Hall–Kier alpha value is -3.85. The Morgan fingerprint density at radius 3 is 2.75 bits per heavy atom. The fraction of sp³-hybridized carbons (Fsp3) is 0.261. The number of carbonyl (C=O) groups is 2. The van der Waals surface area contributed by atoms with E-state index in [4.69, 9.17) is 9.15 Å². The van der Waals surface area contributed by atoms with Gasteiger partial charge >= 0.3 is 0 Å². The van der Waals surface area contributed by atoms with Crippen molar-refractivity contribution in [3.05, 3.63) is 59.6 Å². The Kier molecular flexibility index (Phi) is 4.45. The highest BCUT2D eigenvalue weighted by Crippen LogP contribution is 2.33. The Balaban J connectivity index is 1.47. The number of β-amino-alcohol motifs (C(OH)–C–C–N with tert-alkyl or cyclic N) is 1. The van der Waals surface area contributed by atoms with E-state index in [2.05, 4.69) is 10.4 Å². The molecule has 2 amide bonds. The molecule has 0 saturated carbocycles. The highest BCUT2D eigenvalue weighted by Gasteiger charge is 2.40. The van der Waals surface area contributed by atoms with E-state index in [0.717, 1.165) is 10.9 Å². The Morgan fingerprint density at radius 1 is 1.25 bits per heavy atom. The molecular weight excluding hydrogens is 412 g/mol. The summed E-state index contributed by atoms with van der Waals surface area (Å²) in [5, 5.41) is 17.6. The van der Waals surface area contributed by atoms with Gasteiger partial charge in [0.25, 0.3) is 11.8 Å². The zero-order chi connectivity index (χ0) is 22.6. The van der Waals surface area contributed by atoms with E-state index in [9.17, 15) is 14.7 Å². The minimum absolute atomic E-state index is 0.149. The summed E-state index contributed by atoms with van der Waals surface area (Å²) in [7, 11) is 1.54. The third-order valence-corrected chi connectivity index (χ3v) is 5.64. The first-order chi connectivity index (χ1) is 15.3. The van der Waals surface area contributed by atoms with Crippen LogP contribution in [0.3, 0.4) is 0 Å². The summed E-state index contributed by atoms with van der Waals surface area (Å²) in [5.74, 6) is 0.829. The number of hydrogen-bond donors (Lipinski definition) is 2. The lowest BCUT2D eigenvalue weighted by atomic mass is 9.96. The first-order valence-electron chi connectivity index (χ1n) is 10.2. The highest BCUT2D eigenvalue weighted by atomic mass is 16.5. The van der Waals surface area contributed by atoms with Crippen LogP contribution in [0, 0.1) is 6.92 Å². The van der Waals surface area contributed by atoms with Crippen molar-refractivity contribution >= 4 is 28.3 Å². The third kappa shape index (κ3) is 3.27. The average Bonchev–Trinajstić information content (AvgIpc) is 3.32. The monoisotopic (exact) mass is 434 g/mol. The second-order valence-electron chi connectivity index (χ2n) is 8.31. The SMILES string of the molecule is CNC(=O)c1cc2ccc(Oc3ccnn4cc(C(=O)N5CC(C)(O)C5)c(C)c34)cc2o1. The Bertz CT molecular complexity index is 1380. The van der Waals surface area contributed by atoms with Gasteiger partial charge in [-0.1, -0.05) is 0 Å². The normalized spacial score (nSPS) is 15.1. The number of amides is 2. The molecule has 4 aromatic rings. The zero-order valence-electron chi connectivity index (χ0n) is 17.9. The maximum Gasteiger partial charge on any atom is 0.286 e. The van der Waals surface area contributed by atoms with E-state index >= 15 is 0 Å². The number of aliphatic hydroxyl groups is 1. The maximum absolute atomic E-state index is 12.9. The zero-order valence-corrected chi connectivity index (χ0v) is 17.9. The molecule has 5 rings (SSSR count). The first-order valence-corrected chi connectivity index (χ1v) is 10.2. The van der Waals surface area contributed by atoms with Gasteiger partial charge in [0.05, 0.1) is 30.5 Å². The number of furan rings is 1. The molecule has 1 saturated heterocycles. The second-order valence-corrected chi connectivity index (χ2v) is 8.31. The molecule has 2 N–H and O–H groups in total. The van der Waals surface area contributed by atoms with Gasteiger partial charge in [-0.15, -0.1) is 0 Å². The summed E-state index contributed by atoms with van der Waals surface area (Å²) >= 11 is 0. The molecule has 9 nitrogen and oxygen atoms in total. The van der Waals surface area contributed by atoms with E-state index in [1.54, 1.807) is 60.0 Å². The van der Waals surface area contributed by atoms with E-state index in [1.807, 2.05) is 13.0 Å². The molecule has 0 aliphatic carbocycles. The van der Waals surface area contributed by atoms with Crippen LogP contribution >= 0.6 is 0 Å². The summed E-state index contributed by atoms with van der Waals surface area (Å²) < 4.78 is 13.4. The van der Waals surface area contributed by atoms with Crippen molar-refractivity contribution in [1.82, 2.24) is 19.8 Å². The van der Waals surface area contributed by atoms with E-state index < -0.39 is 5.60 Å². The smallest absolute Gasteiger partial charge is 0.286 e. The number of aromatic nitrogens is 2. The number of fused-ring (bicyclic) bond motifs is 2. The molecule has 4 heterocycles. The van der Waals surface area contributed by atoms with Gasteiger partial charge in [0.15, 0.2) is 11.5 Å². The number of benzene rings is 1. The van der Waals surface area contributed by atoms with Gasteiger partial charge in [-0.25, -0.2) is 4.52 Å². The number of hydrogen-bond acceptors (Lipinski definition) is 6. The van der Waals surface area contributed by atoms with Crippen molar-refractivity contribution < 1.29 is 23.8 Å². The molecule has 0 spiro atoms. The number of nitrogens with zero attached hydrogens (tertiary/aromatic N) is 3. The van der Waals surface area contributed by atoms with Crippen LogP contribution in [0.1, 0.15) is 33.4 Å². The van der Waals surface area contributed by atoms with Gasteiger partial charge < -0.3 is 24.5 Å². The average molecular weight is 434 g/mol. The molecule has 3 aromatic heterocycles. The lowest BCUT2D eigenvalue weighted by Crippen LogP contribution is -2.61. The molecule has 0 bridgehead atoms. The quantitative estimate of drug-likeness (QED) is 0.511. The van der Waals surface area contributed by atoms with Crippen molar-refractivity contribution in [1.29, 1.82) is 0 Å². The van der Waals surface area contributed by atoms with Crippen LogP contribution in [-0.4, -0.2) is 57.2 Å². The summed E-state index contributed by atoms with van der Waals surface area (Å²) in [5.41, 5.74) is 1.62. The molecule has 1 aliphatic heterocycles. The summed E-state index contributed by atoms with van der Waals surface area (Å²) in [4.78, 5) is 26.3. The van der Waals surface area contributed by atoms with Crippen LogP contribution in [0.5, 0.6) is 11.5 Å².